The van der Waals surface area contributed by atoms with Gasteiger partial charge in [-0.05, 0) is 19.8 Å². The summed E-state index contributed by atoms with van der Waals surface area (Å²) in [6, 6.07) is 2.00. The minimum atomic E-state index is 0.195. The number of carbonyl (C=O) groups is 1. The fraction of sp³-hybridized carbons (Fsp3) is 0.722. The first-order chi connectivity index (χ1) is 12.2. The van der Waals surface area contributed by atoms with Gasteiger partial charge >= 0.3 is 0 Å². The average molecular weight is 347 g/mol. The molecule has 1 aliphatic carbocycles. The zero-order valence-electron chi connectivity index (χ0n) is 15.1. The van der Waals surface area contributed by atoms with E-state index in [0.29, 0.717) is 19.0 Å². The van der Waals surface area contributed by atoms with E-state index in [1.807, 2.05) is 13.0 Å². The first-order valence-corrected chi connectivity index (χ1v) is 9.42. The molecule has 7 nitrogen and oxygen atoms in total. The highest BCUT2D eigenvalue weighted by Gasteiger charge is 2.20. The SMILES string of the molecule is Cc1cc(N2CCOCC2)nc(NCCNC(=O)C2CCCCC2)n1. The first-order valence-electron chi connectivity index (χ1n) is 9.42. The van der Waals surface area contributed by atoms with Gasteiger partial charge in [-0.2, -0.15) is 4.98 Å². The molecule has 2 N–H and O–H groups in total. The Kier molecular flexibility index (Phi) is 6.44. The van der Waals surface area contributed by atoms with Crippen LogP contribution < -0.4 is 15.5 Å². The lowest BCUT2D eigenvalue weighted by atomic mass is 9.89. The lowest BCUT2D eigenvalue weighted by molar-refractivity contribution is -0.125. The number of nitrogens with zero attached hydrogens (tertiary/aromatic N) is 3. The van der Waals surface area contributed by atoms with Crippen molar-refractivity contribution in [3.63, 3.8) is 0 Å². The minimum Gasteiger partial charge on any atom is -0.378 e. The Bertz CT molecular complexity index is 569. The zero-order valence-corrected chi connectivity index (χ0v) is 15.1. The van der Waals surface area contributed by atoms with Crippen LogP contribution in [-0.2, 0) is 9.53 Å². The number of hydrogen-bond donors (Lipinski definition) is 2. The summed E-state index contributed by atoms with van der Waals surface area (Å²) in [5, 5.41) is 6.26. The Morgan fingerprint density at radius 2 is 1.96 bits per heavy atom. The first kappa shape index (κ1) is 17.9. The van der Waals surface area contributed by atoms with Crippen LogP contribution in [0.1, 0.15) is 37.8 Å². The van der Waals surface area contributed by atoms with E-state index in [2.05, 4.69) is 25.5 Å². The van der Waals surface area contributed by atoms with Crippen LogP contribution in [0.25, 0.3) is 0 Å². The molecule has 1 aliphatic heterocycles. The van der Waals surface area contributed by atoms with E-state index >= 15 is 0 Å². The molecular formula is C18H29N5O2. The van der Waals surface area contributed by atoms with Crippen LogP contribution in [0.3, 0.4) is 0 Å². The number of rotatable bonds is 6. The van der Waals surface area contributed by atoms with Crippen LogP contribution >= 0.6 is 0 Å². The maximum atomic E-state index is 12.1. The highest BCUT2D eigenvalue weighted by Crippen LogP contribution is 2.23. The summed E-state index contributed by atoms with van der Waals surface area (Å²) in [6.07, 6.45) is 5.68. The molecule has 138 valence electrons. The number of carbonyl (C=O) groups excluding carboxylic acids is 1. The molecule has 3 rings (SSSR count). The Hall–Kier alpha value is -1.89. The molecular weight excluding hydrogens is 318 g/mol. The second-order valence-corrected chi connectivity index (χ2v) is 6.84. The third kappa shape index (κ3) is 5.29. The summed E-state index contributed by atoms with van der Waals surface area (Å²) in [5.41, 5.74) is 0.935. The summed E-state index contributed by atoms with van der Waals surface area (Å²) in [7, 11) is 0. The molecule has 1 saturated carbocycles. The third-order valence-electron chi connectivity index (χ3n) is 4.86. The molecule has 1 saturated heterocycles. The molecule has 1 aromatic rings. The summed E-state index contributed by atoms with van der Waals surface area (Å²) in [5.74, 6) is 1.95. The van der Waals surface area contributed by atoms with E-state index in [1.54, 1.807) is 0 Å². The number of morpholine rings is 1. The molecule has 2 fully saturated rings. The highest BCUT2D eigenvalue weighted by molar-refractivity contribution is 5.78. The predicted molar refractivity (Wildman–Crippen MR) is 97.9 cm³/mol. The zero-order chi connectivity index (χ0) is 17.5. The molecule has 0 atom stereocenters. The van der Waals surface area contributed by atoms with E-state index in [9.17, 15) is 4.79 Å². The van der Waals surface area contributed by atoms with Crippen molar-refractivity contribution in [1.29, 1.82) is 0 Å². The average Bonchev–Trinajstić information content (AvgIpc) is 2.66. The Morgan fingerprint density at radius 3 is 2.72 bits per heavy atom. The lowest BCUT2D eigenvalue weighted by Crippen LogP contribution is -2.37. The van der Waals surface area contributed by atoms with Gasteiger partial charge in [-0.25, -0.2) is 4.98 Å². The van der Waals surface area contributed by atoms with E-state index in [1.165, 1.54) is 19.3 Å². The van der Waals surface area contributed by atoms with Gasteiger partial charge in [0.05, 0.1) is 13.2 Å². The summed E-state index contributed by atoms with van der Waals surface area (Å²) in [6.45, 7) is 6.38. The Labute approximate surface area is 149 Å². The second-order valence-electron chi connectivity index (χ2n) is 6.84. The summed E-state index contributed by atoms with van der Waals surface area (Å²) in [4.78, 5) is 23.4. The molecule has 0 aromatic carbocycles. The predicted octanol–water partition coefficient (Wildman–Crippen LogP) is 1.73. The van der Waals surface area contributed by atoms with Crippen molar-refractivity contribution in [3.8, 4) is 0 Å². The number of amides is 1. The van der Waals surface area contributed by atoms with Gasteiger partial charge in [-0.15, -0.1) is 0 Å². The van der Waals surface area contributed by atoms with Crippen LogP contribution in [0.5, 0.6) is 0 Å². The second kappa shape index (κ2) is 8.99. The van der Waals surface area contributed by atoms with Crippen molar-refractivity contribution in [3.05, 3.63) is 11.8 Å². The maximum Gasteiger partial charge on any atom is 0.224 e. The molecule has 1 amide bonds. The lowest BCUT2D eigenvalue weighted by Gasteiger charge is -2.28. The van der Waals surface area contributed by atoms with Gasteiger partial charge in [0.1, 0.15) is 5.82 Å². The van der Waals surface area contributed by atoms with E-state index in [0.717, 1.165) is 50.7 Å². The largest absolute Gasteiger partial charge is 0.378 e. The smallest absolute Gasteiger partial charge is 0.224 e. The van der Waals surface area contributed by atoms with Crippen molar-refractivity contribution in [2.75, 3.05) is 49.6 Å². The molecule has 0 radical (unpaired) electrons. The van der Waals surface area contributed by atoms with Crippen molar-refractivity contribution in [2.45, 2.75) is 39.0 Å². The quantitative estimate of drug-likeness (QED) is 0.763. The third-order valence-corrected chi connectivity index (χ3v) is 4.86. The fourth-order valence-electron chi connectivity index (χ4n) is 3.45. The molecule has 2 aliphatic rings. The van der Waals surface area contributed by atoms with E-state index in [-0.39, 0.29) is 11.8 Å². The van der Waals surface area contributed by atoms with Gasteiger partial charge in [-0.1, -0.05) is 19.3 Å². The summed E-state index contributed by atoms with van der Waals surface area (Å²) < 4.78 is 5.39. The Balaban J connectivity index is 1.46. The van der Waals surface area contributed by atoms with Gasteiger partial charge in [-0.3, -0.25) is 4.79 Å². The number of aryl methyl sites for hydroxylation is 1. The van der Waals surface area contributed by atoms with Crippen LogP contribution in [-0.4, -0.2) is 55.3 Å². The minimum absolute atomic E-state index is 0.195. The number of nitrogens with one attached hydrogen (secondary N) is 2. The van der Waals surface area contributed by atoms with Crippen LogP contribution in [0.15, 0.2) is 6.07 Å². The molecule has 2 heterocycles. The molecule has 0 unspecified atom stereocenters. The number of ether oxygens (including phenoxy) is 1. The highest BCUT2D eigenvalue weighted by atomic mass is 16.5. The number of anilines is 2. The molecule has 1 aromatic heterocycles. The van der Waals surface area contributed by atoms with Crippen molar-refractivity contribution >= 4 is 17.7 Å². The van der Waals surface area contributed by atoms with E-state index < -0.39 is 0 Å². The van der Waals surface area contributed by atoms with Gasteiger partial charge < -0.3 is 20.3 Å². The number of aromatic nitrogens is 2. The van der Waals surface area contributed by atoms with Crippen LogP contribution in [0.2, 0.25) is 0 Å². The van der Waals surface area contributed by atoms with Gasteiger partial charge in [0, 0.05) is 43.9 Å². The van der Waals surface area contributed by atoms with Crippen molar-refractivity contribution in [1.82, 2.24) is 15.3 Å². The van der Waals surface area contributed by atoms with Crippen LogP contribution in [0, 0.1) is 12.8 Å². The van der Waals surface area contributed by atoms with E-state index in [4.69, 9.17) is 4.74 Å². The van der Waals surface area contributed by atoms with Crippen molar-refractivity contribution in [2.24, 2.45) is 5.92 Å². The van der Waals surface area contributed by atoms with Crippen molar-refractivity contribution < 1.29 is 9.53 Å². The molecule has 25 heavy (non-hydrogen) atoms. The van der Waals surface area contributed by atoms with Gasteiger partial charge in [0.2, 0.25) is 11.9 Å². The summed E-state index contributed by atoms with van der Waals surface area (Å²) >= 11 is 0. The molecule has 7 heteroatoms. The molecule has 0 spiro atoms. The molecule has 0 bridgehead atoms. The fourth-order valence-corrected chi connectivity index (χ4v) is 3.45. The Morgan fingerprint density at radius 1 is 1.20 bits per heavy atom. The van der Waals surface area contributed by atoms with Gasteiger partial charge in [0.25, 0.3) is 0 Å². The monoisotopic (exact) mass is 347 g/mol. The van der Waals surface area contributed by atoms with Gasteiger partial charge in [0.15, 0.2) is 0 Å². The normalized spacial score (nSPS) is 18.8. The van der Waals surface area contributed by atoms with Crippen LogP contribution in [0.4, 0.5) is 11.8 Å². The standard InChI is InChI=1S/C18H29N5O2/c1-14-13-16(23-9-11-25-12-10-23)22-18(21-14)20-8-7-19-17(24)15-5-3-2-4-6-15/h13,15H,2-12H2,1H3,(H,19,24)(H,20,21,22). The topological polar surface area (TPSA) is 79.4 Å². The number of hydrogen-bond acceptors (Lipinski definition) is 6. The maximum absolute atomic E-state index is 12.1.